The van der Waals surface area contributed by atoms with E-state index in [0.717, 1.165) is 11.1 Å². The average molecular weight is 367 g/mol. The third-order valence-electron chi connectivity index (χ3n) is 2.62. The zero-order chi connectivity index (χ0) is 17.0. The zero-order valence-corrected chi connectivity index (χ0v) is 15.6. The van der Waals surface area contributed by atoms with Crippen LogP contribution in [-0.2, 0) is 20.2 Å². The van der Waals surface area contributed by atoms with Crippen molar-refractivity contribution in [3.8, 4) is 0 Å². The molecule has 0 radical (unpaired) electrons. The minimum Gasteiger partial charge on any atom is -0.744 e. The maximum atomic E-state index is 10.4. The molecule has 0 heterocycles. The molecule has 0 spiro atoms. The quantitative estimate of drug-likeness (QED) is 0.586. The molecule has 2 rings (SSSR count). The van der Waals surface area contributed by atoms with Crippen LogP contribution < -0.4 is 0 Å². The Bertz CT molecular complexity index is 752. The van der Waals surface area contributed by atoms with Crippen LogP contribution in [0.2, 0.25) is 0 Å². The molecule has 0 aliphatic heterocycles. The standard InChI is InChI=1S/2C7H8O3S.Mg/c2*1-6-2-4-7(5-3-6)11(8,9)10;/h2*2-5H,1H3,(H,8,9,10);/q;;+2/p-2. The Labute approximate surface area is 152 Å². The van der Waals surface area contributed by atoms with Gasteiger partial charge in [0.2, 0.25) is 0 Å². The van der Waals surface area contributed by atoms with E-state index in [1.54, 1.807) is 24.3 Å². The molecule has 0 atom stereocenters. The second-order valence-corrected chi connectivity index (χ2v) is 7.29. The Hall–Kier alpha value is -0.974. The first kappa shape index (κ1) is 22.0. The van der Waals surface area contributed by atoms with E-state index >= 15 is 0 Å². The summed E-state index contributed by atoms with van der Waals surface area (Å²) in [4.78, 5) is -0.355. The predicted molar refractivity (Wildman–Crippen MR) is 84.0 cm³/mol. The fourth-order valence-electron chi connectivity index (χ4n) is 1.41. The molecular weight excluding hydrogens is 353 g/mol. The van der Waals surface area contributed by atoms with Crippen LogP contribution in [0.25, 0.3) is 0 Å². The fraction of sp³-hybridized carbons (Fsp3) is 0.143. The van der Waals surface area contributed by atoms with Gasteiger partial charge in [-0.25, -0.2) is 16.8 Å². The largest absolute Gasteiger partial charge is 2.00 e. The summed E-state index contributed by atoms with van der Waals surface area (Å²) in [6.07, 6.45) is 0. The molecule has 0 saturated carbocycles. The summed E-state index contributed by atoms with van der Waals surface area (Å²) in [5.41, 5.74) is 1.86. The van der Waals surface area contributed by atoms with E-state index in [1.165, 1.54) is 24.3 Å². The van der Waals surface area contributed by atoms with E-state index in [-0.39, 0.29) is 32.8 Å². The van der Waals surface area contributed by atoms with E-state index in [9.17, 15) is 25.9 Å². The maximum absolute atomic E-state index is 10.4. The SMILES string of the molecule is Cc1ccc(S(=O)(=O)[O-])cc1.Cc1ccc(S(=O)(=O)[O-])cc1.[Mg+2]. The van der Waals surface area contributed by atoms with Gasteiger partial charge in [0.15, 0.2) is 0 Å². The van der Waals surface area contributed by atoms with Crippen LogP contribution >= 0.6 is 0 Å². The van der Waals surface area contributed by atoms with Crippen LogP contribution in [0.15, 0.2) is 58.3 Å². The molecule has 0 N–H and O–H groups in total. The minimum absolute atomic E-state index is 0. The summed E-state index contributed by atoms with van der Waals surface area (Å²) < 4.78 is 62.3. The molecule has 2 aromatic rings. The monoisotopic (exact) mass is 366 g/mol. The molecule has 6 nitrogen and oxygen atoms in total. The fourth-order valence-corrected chi connectivity index (χ4v) is 2.35. The molecule has 23 heavy (non-hydrogen) atoms. The van der Waals surface area contributed by atoms with Gasteiger partial charge in [-0.3, -0.25) is 0 Å². The Morgan fingerprint density at radius 3 is 1.00 bits per heavy atom. The first-order valence-electron chi connectivity index (χ1n) is 6.05. The van der Waals surface area contributed by atoms with E-state index in [1.807, 2.05) is 13.8 Å². The second kappa shape index (κ2) is 8.76. The van der Waals surface area contributed by atoms with Gasteiger partial charge in [0.05, 0.1) is 9.79 Å². The normalized spacial score (nSPS) is 11.0. The van der Waals surface area contributed by atoms with Crippen LogP contribution in [0.1, 0.15) is 11.1 Å². The van der Waals surface area contributed by atoms with E-state index in [2.05, 4.69) is 0 Å². The van der Waals surface area contributed by atoms with Gasteiger partial charge in [0, 0.05) is 0 Å². The molecule has 0 aromatic heterocycles. The van der Waals surface area contributed by atoms with Gasteiger partial charge in [0.1, 0.15) is 20.2 Å². The Kier molecular flexibility index (Phi) is 8.39. The van der Waals surface area contributed by atoms with Crippen molar-refractivity contribution in [3.05, 3.63) is 59.7 Å². The van der Waals surface area contributed by atoms with Crippen LogP contribution in [0.5, 0.6) is 0 Å². The van der Waals surface area contributed by atoms with Crippen molar-refractivity contribution >= 4 is 43.3 Å². The van der Waals surface area contributed by atoms with Gasteiger partial charge in [-0.15, -0.1) is 0 Å². The summed E-state index contributed by atoms with van der Waals surface area (Å²) in [7, 11) is -8.54. The van der Waals surface area contributed by atoms with Crippen LogP contribution in [0.3, 0.4) is 0 Å². The molecule has 2 aromatic carbocycles. The van der Waals surface area contributed by atoms with Crippen molar-refractivity contribution in [1.82, 2.24) is 0 Å². The molecule has 0 saturated heterocycles. The van der Waals surface area contributed by atoms with Crippen molar-refractivity contribution in [2.24, 2.45) is 0 Å². The molecule has 9 heteroatoms. The number of aryl methyl sites for hydroxylation is 2. The first-order valence-corrected chi connectivity index (χ1v) is 8.87. The van der Waals surface area contributed by atoms with Crippen LogP contribution in [-0.4, -0.2) is 49.0 Å². The van der Waals surface area contributed by atoms with Crippen molar-refractivity contribution in [3.63, 3.8) is 0 Å². The number of hydrogen-bond donors (Lipinski definition) is 0. The maximum Gasteiger partial charge on any atom is 2.00 e. The molecule has 0 aliphatic carbocycles. The molecule has 120 valence electrons. The smallest absolute Gasteiger partial charge is 0.744 e. The van der Waals surface area contributed by atoms with Gasteiger partial charge < -0.3 is 9.11 Å². The van der Waals surface area contributed by atoms with Crippen molar-refractivity contribution < 1.29 is 25.9 Å². The van der Waals surface area contributed by atoms with Gasteiger partial charge in [0.25, 0.3) is 0 Å². The third kappa shape index (κ3) is 7.91. The van der Waals surface area contributed by atoms with E-state index in [0.29, 0.717) is 0 Å². The predicted octanol–water partition coefficient (Wildman–Crippen LogP) is 1.42. The molecular formula is C14H14MgO6S2. The van der Waals surface area contributed by atoms with Gasteiger partial charge in [-0.05, 0) is 38.1 Å². The third-order valence-corrected chi connectivity index (χ3v) is 4.32. The first-order chi connectivity index (χ1) is 10.00. The van der Waals surface area contributed by atoms with Gasteiger partial charge in [-0.2, -0.15) is 0 Å². The Balaban J connectivity index is 0.000000403. The van der Waals surface area contributed by atoms with Crippen LogP contribution in [0, 0.1) is 13.8 Å². The number of benzene rings is 2. The Morgan fingerprint density at radius 1 is 0.609 bits per heavy atom. The van der Waals surface area contributed by atoms with Crippen molar-refractivity contribution in [2.45, 2.75) is 23.6 Å². The summed E-state index contributed by atoms with van der Waals surface area (Å²) in [5, 5.41) is 0. The van der Waals surface area contributed by atoms with Crippen LogP contribution in [0.4, 0.5) is 0 Å². The summed E-state index contributed by atoms with van der Waals surface area (Å²) in [6, 6.07) is 11.6. The molecule has 0 bridgehead atoms. The van der Waals surface area contributed by atoms with Crippen molar-refractivity contribution in [1.29, 1.82) is 0 Å². The van der Waals surface area contributed by atoms with Crippen molar-refractivity contribution in [2.75, 3.05) is 0 Å². The zero-order valence-electron chi connectivity index (χ0n) is 12.6. The molecule has 0 amide bonds. The molecule has 0 aliphatic rings. The molecule has 0 unspecified atom stereocenters. The van der Waals surface area contributed by atoms with Gasteiger partial charge >= 0.3 is 23.1 Å². The summed E-state index contributed by atoms with van der Waals surface area (Å²) in [5.74, 6) is 0. The number of rotatable bonds is 2. The summed E-state index contributed by atoms with van der Waals surface area (Å²) >= 11 is 0. The summed E-state index contributed by atoms with van der Waals surface area (Å²) in [6.45, 7) is 3.64. The Morgan fingerprint density at radius 2 is 0.826 bits per heavy atom. The van der Waals surface area contributed by atoms with E-state index < -0.39 is 20.2 Å². The number of hydrogen-bond acceptors (Lipinski definition) is 6. The van der Waals surface area contributed by atoms with Gasteiger partial charge in [-0.1, -0.05) is 35.4 Å². The second-order valence-electron chi connectivity index (χ2n) is 4.53. The molecule has 0 fully saturated rings. The average Bonchev–Trinajstić information content (AvgIpc) is 2.38. The topological polar surface area (TPSA) is 114 Å². The van der Waals surface area contributed by atoms with E-state index in [4.69, 9.17) is 0 Å². The minimum atomic E-state index is -4.27.